The lowest BCUT2D eigenvalue weighted by Gasteiger charge is -2.25. The van der Waals surface area contributed by atoms with Crippen LogP contribution in [-0.2, 0) is 13.0 Å². The summed E-state index contributed by atoms with van der Waals surface area (Å²) in [6.07, 6.45) is 10.7. The highest BCUT2D eigenvalue weighted by Gasteiger charge is 2.24. The molecular weight excluding hydrogens is 348 g/mol. The number of aromatic nitrogens is 5. The fourth-order valence-corrected chi connectivity index (χ4v) is 3.88. The highest BCUT2D eigenvalue weighted by molar-refractivity contribution is 5.43. The molecule has 6 heteroatoms. The van der Waals surface area contributed by atoms with Gasteiger partial charge in [-0.25, -0.2) is 9.97 Å². The first-order valence-electron chi connectivity index (χ1n) is 9.67. The van der Waals surface area contributed by atoms with Crippen LogP contribution in [0.5, 0.6) is 0 Å². The van der Waals surface area contributed by atoms with Crippen LogP contribution in [0.25, 0.3) is 5.82 Å². The van der Waals surface area contributed by atoms with Crippen molar-refractivity contribution in [2.24, 2.45) is 0 Å². The number of nitrogens with one attached hydrogen (secondary N) is 1. The summed E-state index contributed by atoms with van der Waals surface area (Å²) in [4.78, 5) is 8.84. The zero-order valence-electron chi connectivity index (χ0n) is 15.6. The van der Waals surface area contributed by atoms with E-state index in [0.717, 1.165) is 37.4 Å². The maximum absolute atomic E-state index is 4.74. The molecule has 4 aromatic rings. The van der Waals surface area contributed by atoms with Crippen LogP contribution in [0.4, 0.5) is 5.82 Å². The van der Waals surface area contributed by atoms with Gasteiger partial charge in [-0.2, -0.15) is 5.10 Å². The van der Waals surface area contributed by atoms with E-state index in [1.54, 1.807) is 12.5 Å². The van der Waals surface area contributed by atoms with Gasteiger partial charge in [-0.15, -0.1) is 0 Å². The van der Waals surface area contributed by atoms with Crippen molar-refractivity contribution in [2.45, 2.75) is 31.8 Å². The van der Waals surface area contributed by atoms with Crippen LogP contribution in [0, 0.1) is 0 Å². The Kier molecular flexibility index (Phi) is 4.37. The molecule has 1 aliphatic rings. The summed E-state index contributed by atoms with van der Waals surface area (Å²) in [5, 5.41) is 8.31. The SMILES string of the molecule is c1ccc(Cn2ncc3c2CCC[C@@H]3Nc2cccc(-n3ccnc3)n2)cc1. The minimum Gasteiger partial charge on any atom is -0.363 e. The lowest BCUT2D eigenvalue weighted by Crippen LogP contribution is -2.19. The Morgan fingerprint density at radius 3 is 2.86 bits per heavy atom. The number of nitrogens with zero attached hydrogens (tertiary/aromatic N) is 5. The van der Waals surface area contributed by atoms with Crippen LogP contribution in [-0.4, -0.2) is 24.3 Å². The maximum Gasteiger partial charge on any atom is 0.140 e. The van der Waals surface area contributed by atoms with Crippen molar-refractivity contribution in [2.75, 3.05) is 5.32 Å². The molecule has 0 aliphatic heterocycles. The van der Waals surface area contributed by atoms with Crippen LogP contribution in [0.15, 0.2) is 73.4 Å². The molecule has 3 heterocycles. The molecule has 0 amide bonds. The third kappa shape index (κ3) is 3.29. The lowest BCUT2D eigenvalue weighted by atomic mass is 9.93. The van der Waals surface area contributed by atoms with Gasteiger partial charge in [0.1, 0.15) is 18.0 Å². The van der Waals surface area contributed by atoms with Gasteiger partial charge in [0.2, 0.25) is 0 Å². The minimum atomic E-state index is 0.235. The van der Waals surface area contributed by atoms with E-state index in [-0.39, 0.29) is 6.04 Å². The molecule has 0 saturated carbocycles. The van der Waals surface area contributed by atoms with E-state index in [1.165, 1.54) is 16.8 Å². The fraction of sp³-hybridized carbons (Fsp3) is 0.227. The van der Waals surface area contributed by atoms with E-state index in [9.17, 15) is 0 Å². The van der Waals surface area contributed by atoms with Crippen molar-refractivity contribution in [3.8, 4) is 5.82 Å². The van der Waals surface area contributed by atoms with Crippen molar-refractivity contribution >= 4 is 5.82 Å². The normalized spacial score (nSPS) is 15.9. The highest BCUT2D eigenvalue weighted by atomic mass is 15.3. The number of benzene rings is 1. The molecular formula is C22H22N6. The smallest absolute Gasteiger partial charge is 0.140 e. The van der Waals surface area contributed by atoms with Crippen LogP contribution in [0.2, 0.25) is 0 Å². The Morgan fingerprint density at radius 2 is 2.00 bits per heavy atom. The molecule has 3 aromatic heterocycles. The van der Waals surface area contributed by atoms with Gasteiger partial charge in [0.05, 0.1) is 18.8 Å². The number of hydrogen-bond donors (Lipinski definition) is 1. The van der Waals surface area contributed by atoms with Crippen molar-refractivity contribution in [1.82, 2.24) is 24.3 Å². The third-order valence-electron chi connectivity index (χ3n) is 5.26. The number of fused-ring (bicyclic) bond motifs is 1. The average molecular weight is 370 g/mol. The molecule has 6 nitrogen and oxygen atoms in total. The van der Waals surface area contributed by atoms with Gasteiger partial charge in [-0.3, -0.25) is 9.25 Å². The monoisotopic (exact) mass is 370 g/mol. The second kappa shape index (κ2) is 7.31. The molecule has 1 aromatic carbocycles. The summed E-state index contributed by atoms with van der Waals surface area (Å²) in [6, 6.07) is 16.8. The molecule has 5 rings (SSSR count). The average Bonchev–Trinajstić information content (AvgIpc) is 3.40. The Bertz CT molecular complexity index is 1050. The van der Waals surface area contributed by atoms with E-state index >= 15 is 0 Å². The lowest BCUT2D eigenvalue weighted by molar-refractivity contribution is 0.555. The topological polar surface area (TPSA) is 60.6 Å². The molecule has 28 heavy (non-hydrogen) atoms. The Balaban J connectivity index is 1.38. The van der Waals surface area contributed by atoms with Gasteiger partial charge in [0, 0.05) is 23.7 Å². The summed E-state index contributed by atoms with van der Waals surface area (Å²) >= 11 is 0. The molecule has 1 N–H and O–H groups in total. The van der Waals surface area contributed by atoms with Gasteiger partial charge in [0.15, 0.2) is 0 Å². The molecule has 0 radical (unpaired) electrons. The first kappa shape index (κ1) is 16.7. The van der Waals surface area contributed by atoms with E-state index in [0.29, 0.717) is 0 Å². The number of rotatable bonds is 5. The van der Waals surface area contributed by atoms with Gasteiger partial charge < -0.3 is 5.32 Å². The summed E-state index contributed by atoms with van der Waals surface area (Å²) in [6.45, 7) is 0.817. The molecule has 1 atom stereocenters. The first-order chi connectivity index (χ1) is 13.9. The standard InChI is InChI=1S/C22H22N6/c1-2-6-17(7-3-1)15-28-20-9-4-8-19(18(20)14-24-28)25-21-10-5-11-22(26-21)27-13-12-23-16-27/h1-3,5-7,10-14,16,19H,4,8-9,15H2,(H,25,26)/t19-/m0/s1. The van der Waals surface area contributed by atoms with Gasteiger partial charge in [0.25, 0.3) is 0 Å². The summed E-state index contributed by atoms with van der Waals surface area (Å²) in [7, 11) is 0. The molecule has 0 unspecified atom stereocenters. The zero-order valence-corrected chi connectivity index (χ0v) is 15.6. The van der Waals surface area contributed by atoms with Crippen LogP contribution >= 0.6 is 0 Å². The molecule has 140 valence electrons. The molecule has 0 spiro atoms. The van der Waals surface area contributed by atoms with Crippen LogP contribution in [0.1, 0.15) is 35.7 Å². The van der Waals surface area contributed by atoms with E-state index in [4.69, 9.17) is 4.98 Å². The highest BCUT2D eigenvalue weighted by Crippen LogP contribution is 2.32. The maximum atomic E-state index is 4.74. The zero-order chi connectivity index (χ0) is 18.8. The minimum absolute atomic E-state index is 0.235. The number of imidazole rings is 1. The largest absolute Gasteiger partial charge is 0.363 e. The predicted molar refractivity (Wildman–Crippen MR) is 108 cm³/mol. The van der Waals surface area contributed by atoms with Crippen molar-refractivity contribution in [1.29, 1.82) is 0 Å². The summed E-state index contributed by atoms with van der Waals surface area (Å²) < 4.78 is 4.06. The third-order valence-corrected chi connectivity index (χ3v) is 5.26. The van der Waals surface area contributed by atoms with Gasteiger partial charge in [-0.1, -0.05) is 36.4 Å². The van der Waals surface area contributed by atoms with Crippen molar-refractivity contribution < 1.29 is 0 Å². The van der Waals surface area contributed by atoms with Crippen LogP contribution < -0.4 is 5.32 Å². The quantitative estimate of drug-likeness (QED) is 0.577. The summed E-state index contributed by atoms with van der Waals surface area (Å²) in [5.41, 5.74) is 3.90. The molecule has 0 saturated heterocycles. The number of hydrogen-bond acceptors (Lipinski definition) is 4. The van der Waals surface area contributed by atoms with Gasteiger partial charge >= 0.3 is 0 Å². The van der Waals surface area contributed by atoms with Crippen molar-refractivity contribution in [3.05, 3.63) is 90.3 Å². The Labute approximate surface area is 163 Å². The van der Waals surface area contributed by atoms with E-state index < -0.39 is 0 Å². The second-order valence-corrected chi connectivity index (χ2v) is 7.13. The van der Waals surface area contributed by atoms with E-state index in [1.807, 2.05) is 41.2 Å². The Morgan fingerprint density at radius 1 is 1.07 bits per heavy atom. The van der Waals surface area contributed by atoms with Gasteiger partial charge in [-0.05, 0) is 37.0 Å². The number of anilines is 1. The van der Waals surface area contributed by atoms with E-state index in [2.05, 4.69) is 44.3 Å². The molecule has 0 bridgehead atoms. The predicted octanol–water partition coefficient (Wildman–Crippen LogP) is 4.00. The molecule has 1 aliphatic carbocycles. The van der Waals surface area contributed by atoms with Crippen molar-refractivity contribution in [3.63, 3.8) is 0 Å². The molecule has 0 fully saturated rings. The first-order valence-corrected chi connectivity index (χ1v) is 9.67. The second-order valence-electron chi connectivity index (χ2n) is 7.13. The number of pyridine rings is 1. The Hall–Kier alpha value is -3.41. The van der Waals surface area contributed by atoms with Crippen LogP contribution in [0.3, 0.4) is 0 Å². The fourth-order valence-electron chi connectivity index (χ4n) is 3.88. The summed E-state index contributed by atoms with van der Waals surface area (Å²) in [5.74, 6) is 1.73.